The fourth-order valence-corrected chi connectivity index (χ4v) is 2.85. The highest BCUT2D eigenvalue weighted by Crippen LogP contribution is 2.12. The number of carbonyl (C=O) groups excluding carboxylic acids is 1. The summed E-state index contributed by atoms with van der Waals surface area (Å²) < 4.78 is 6.24. The van der Waals surface area contributed by atoms with Crippen molar-refractivity contribution in [3.05, 3.63) is 0 Å². The number of alkyl carbamates (subject to hydrolysis) is 1. The van der Waals surface area contributed by atoms with Crippen LogP contribution in [0.1, 0.15) is 85.5 Å². The summed E-state index contributed by atoms with van der Waals surface area (Å²) in [5, 5.41) is 2.97. The Bertz CT molecular complexity index is 264. The number of unbranched alkanes of at least 4 members (excludes halogenated alkanes) is 7. The molecule has 0 aromatic heterocycles. The first kappa shape index (κ1) is 21.0. The van der Waals surface area contributed by atoms with Gasteiger partial charge in [0.2, 0.25) is 0 Å². The fourth-order valence-electron chi connectivity index (χ4n) is 2.19. The smallest absolute Gasteiger partial charge is 0.407 e. The molecule has 0 aromatic rings. The number of hydrogen-bond acceptors (Lipinski definition) is 2. The van der Waals surface area contributed by atoms with Gasteiger partial charge >= 0.3 is 6.09 Å². The van der Waals surface area contributed by atoms with Gasteiger partial charge in [-0.2, -0.15) is 0 Å². The molecule has 0 aliphatic carbocycles. The van der Waals surface area contributed by atoms with E-state index in [-0.39, 0.29) is 12.1 Å². The minimum atomic E-state index is -0.418. The molecule has 0 aromatic carbocycles. The Morgan fingerprint density at radius 2 is 1.57 bits per heavy atom. The minimum absolute atomic E-state index is 0.237. The van der Waals surface area contributed by atoms with Gasteiger partial charge in [-0.3, -0.25) is 0 Å². The molecule has 0 aliphatic heterocycles. The third-order valence-electron chi connectivity index (χ3n) is 3.31. The van der Waals surface area contributed by atoms with E-state index < -0.39 is 5.60 Å². The quantitative estimate of drug-likeness (QED) is 0.263. The molecule has 21 heavy (non-hydrogen) atoms. The zero-order chi connectivity index (χ0) is 16.1. The fraction of sp³-hybridized carbons (Fsp3) is 0.941. The zero-order valence-corrected chi connectivity index (χ0v) is 16.5. The molecule has 0 heterocycles. The van der Waals surface area contributed by atoms with E-state index in [0.717, 1.165) is 10.8 Å². The molecule has 126 valence electrons. The third kappa shape index (κ3) is 14.7. The predicted molar refractivity (Wildman–Crippen MR) is 99.3 cm³/mol. The Balaban J connectivity index is 3.64. The first-order chi connectivity index (χ1) is 9.89. The number of carbonyl (C=O) groups is 1. The lowest BCUT2D eigenvalue weighted by Gasteiger charge is -2.22. The van der Waals surface area contributed by atoms with Crippen LogP contribution < -0.4 is 5.32 Å². The molecule has 3 nitrogen and oxygen atoms in total. The van der Waals surface area contributed by atoms with E-state index in [1.165, 1.54) is 51.4 Å². The Hall–Kier alpha value is 0. The molecule has 0 bridgehead atoms. The molecular formula is C17H34INO2. The molecule has 1 atom stereocenters. The molecule has 0 aliphatic rings. The van der Waals surface area contributed by atoms with Gasteiger partial charge in [0.15, 0.2) is 0 Å². The largest absolute Gasteiger partial charge is 0.444 e. The van der Waals surface area contributed by atoms with E-state index >= 15 is 0 Å². The molecule has 1 amide bonds. The highest BCUT2D eigenvalue weighted by atomic mass is 127. The topological polar surface area (TPSA) is 38.3 Å². The van der Waals surface area contributed by atoms with Gasteiger partial charge in [0, 0.05) is 10.5 Å². The highest BCUT2D eigenvalue weighted by Gasteiger charge is 2.18. The van der Waals surface area contributed by atoms with Crippen molar-refractivity contribution in [2.45, 2.75) is 97.1 Å². The van der Waals surface area contributed by atoms with Gasteiger partial charge in [-0.25, -0.2) is 4.79 Å². The van der Waals surface area contributed by atoms with Crippen molar-refractivity contribution in [1.82, 2.24) is 5.32 Å². The summed E-state index contributed by atoms with van der Waals surface area (Å²) in [7, 11) is 0. The summed E-state index contributed by atoms with van der Waals surface area (Å²) in [6, 6.07) is 0.237. The van der Waals surface area contributed by atoms with Crippen LogP contribution in [0, 0.1) is 0 Å². The van der Waals surface area contributed by atoms with Crippen molar-refractivity contribution in [3.63, 3.8) is 0 Å². The van der Waals surface area contributed by atoms with Gasteiger partial charge in [-0.1, -0.05) is 80.9 Å². The van der Waals surface area contributed by atoms with Crippen LogP contribution in [0.25, 0.3) is 0 Å². The summed E-state index contributed by atoms with van der Waals surface area (Å²) in [4.78, 5) is 11.7. The van der Waals surface area contributed by atoms with E-state index in [9.17, 15) is 4.79 Å². The van der Waals surface area contributed by atoms with E-state index in [2.05, 4.69) is 34.8 Å². The third-order valence-corrected chi connectivity index (χ3v) is 4.38. The van der Waals surface area contributed by atoms with Crippen molar-refractivity contribution in [2.75, 3.05) is 4.43 Å². The number of ether oxygens (including phenoxy) is 1. The number of alkyl halides is 1. The molecular weight excluding hydrogens is 377 g/mol. The molecule has 1 unspecified atom stereocenters. The lowest BCUT2D eigenvalue weighted by Crippen LogP contribution is -2.39. The van der Waals surface area contributed by atoms with E-state index in [4.69, 9.17) is 4.74 Å². The van der Waals surface area contributed by atoms with Crippen LogP contribution in [0.15, 0.2) is 0 Å². The Kier molecular flexibility index (Phi) is 12.5. The number of amides is 1. The van der Waals surface area contributed by atoms with Gasteiger partial charge in [0.1, 0.15) is 5.60 Å². The van der Waals surface area contributed by atoms with Crippen LogP contribution in [-0.2, 0) is 4.74 Å². The maximum atomic E-state index is 11.7. The second-order valence-electron chi connectivity index (χ2n) is 6.76. The summed E-state index contributed by atoms with van der Waals surface area (Å²) in [5.74, 6) is 0. The van der Waals surface area contributed by atoms with Crippen molar-refractivity contribution in [1.29, 1.82) is 0 Å². The van der Waals surface area contributed by atoms with Crippen LogP contribution >= 0.6 is 22.6 Å². The highest BCUT2D eigenvalue weighted by molar-refractivity contribution is 14.1. The monoisotopic (exact) mass is 411 g/mol. The molecule has 4 heteroatoms. The molecule has 0 spiro atoms. The van der Waals surface area contributed by atoms with E-state index in [1.54, 1.807) is 0 Å². The number of nitrogens with one attached hydrogen (secondary N) is 1. The number of rotatable bonds is 11. The maximum absolute atomic E-state index is 11.7. The first-order valence-electron chi connectivity index (χ1n) is 8.44. The molecule has 1 N–H and O–H groups in total. The van der Waals surface area contributed by atoms with Gasteiger partial charge in [0.05, 0.1) is 0 Å². The average Bonchev–Trinajstić information content (AvgIpc) is 2.38. The SMILES string of the molecule is CCCCCCCCCCC(CI)NC(=O)OC(C)(C)C. The van der Waals surface area contributed by atoms with Gasteiger partial charge in [-0.15, -0.1) is 0 Å². The van der Waals surface area contributed by atoms with E-state index in [1.807, 2.05) is 20.8 Å². The van der Waals surface area contributed by atoms with Crippen LogP contribution in [0.2, 0.25) is 0 Å². The number of halogens is 1. The van der Waals surface area contributed by atoms with Gasteiger partial charge in [-0.05, 0) is 27.2 Å². The summed E-state index contributed by atoms with van der Waals surface area (Å²) in [6.45, 7) is 7.93. The normalized spacial score (nSPS) is 13.0. The summed E-state index contributed by atoms with van der Waals surface area (Å²) >= 11 is 2.33. The molecule has 0 fully saturated rings. The van der Waals surface area contributed by atoms with Crippen molar-refractivity contribution in [3.8, 4) is 0 Å². The van der Waals surface area contributed by atoms with Crippen LogP contribution in [0.4, 0.5) is 4.79 Å². The lowest BCUT2D eigenvalue weighted by atomic mass is 10.1. The Morgan fingerprint density at radius 3 is 2.05 bits per heavy atom. The molecule has 0 rings (SSSR count). The molecule has 0 saturated heterocycles. The van der Waals surface area contributed by atoms with Crippen LogP contribution in [0.5, 0.6) is 0 Å². The van der Waals surface area contributed by atoms with Crippen LogP contribution in [-0.4, -0.2) is 22.2 Å². The minimum Gasteiger partial charge on any atom is -0.444 e. The average molecular weight is 411 g/mol. The van der Waals surface area contributed by atoms with Gasteiger partial charge < -0.3 is 10.1 Å². The standard InChI is InChI=1S/C17H34INO2/c1-5-6-7-8-9-10-11-12-13-15(14-18)19-16(20)21-17(2,3)4/h15H,5-14H2,1-4H3,(H,19,20). The van der Waals surface area contributed by atoms with Crippen molar-refractivity contribution < 1.29 is 9.53 Å². The second-order valence-corrected chi connectivity index (χ2v) is 7.64. The maximum Gasteiger partial charge on any atom is 0.407 e. The van der Waals surface area contributed by atoms with Crippen molar-refractivity contribution in [2.24, 2.45) is 0 Å². The molecule has 0 radical (unpaired) electrons. The predicted octanol–water partition coefficient (Wildman–Crippen LogP) is 5.85. The van der Waals surface area contributed by atoms with Gasteiger partial charge in [0.25, 0.3) is 0 Å². The Labute approximate surface area is 145 Å². The summed E-state index contributed by atoms with van der Waals surface area (Å²) in [6.07, 6.45) is 11.4. The Morgan fingerprint density at radius 1 is 1.05 bits per heavy atom. The van der Waals surface area contributed by atoms with E-state index in [0.29, 0.717) is 0 Å². The zero-order valence-electron chi connectivity index (χ0n) is 14.3. The number of hydrogen-bond donors (Lipinski definition) is 1. The second kappa shape index (κ2) is 12.5. The van der Waals surface area contributed by atoms with Crippen molar-refractivity contribution >= 4 is 28.7 Å². The molecule has 0 saturated carbocycles. The summed E-state index contributed by atoms with van der Waals surface area (Å²) in [5.41, 5.74) is -0.418. The van der Waals surface area contributed by atoms with Crippen LogP contribution in [0.3, 0.4) is 0 Å². The first-order valence-corrected chi connectivity index (χ1v) is 9.97. The lowest BCUT2D eigenvalue weighted by molar-refractivity contribution is 0.0507.